The van der Waals surface area contributed by atoms with Gasteiger partial charge in [0.05, 0.1) is 4.90 Å². The zero-order valence-electron chi connectivity index (χ0n) is 12.9. The third kappa shape index (κ3) is 4.26. The fourth-order valence-electron chi connectivity index (χ4n) is 2.57. The number of hydrogen-bond donors (Lipinski definition) is 1. The van der Waals surface area contributed by atoms with Crippen LogP contribution in [0.1, 0.15) is 18.4 Å². The van der Waals surface area contributed by atoms with E-state index in [4.69, 9.17) is 0 Å². The molecule has 0 saturated carbocycles. The van der Waals surface area contributed by atoms with Crippen LogP contribution >= 0.6 is 0 Å². The molecule has 0 aromatic heterocycles. The molecule has 1 aliphatic rings. The Balaban J connectivity index is 1.98. The van der Waals surface area contributed by atoms with Crippen LogP contribution in [-0.2, 0) is 16.6 Å². The average molecular weight is 311 g/mol. The summed E-state index contributed by atoms with van der Waals surface area (Å²) in [5.74, 6) is 0. The highest BCUT2D eigenvalue weighted by Gasteiger charge is 2.21. The highest BCUT2D eigenvalue weighted by Crippen LogP contribution is 2.16. The van der Waals surface area contributed by atoms with E-state index in [0.29, 0.717) is 11.4 Å². The molecule has 1 aromatic rings. The van der Waals surface area contributed by atoms with Crippen LogP contribution in [0.5, 0.6) is 0 Å². The Hall–Kier alpha value is -0.950. The van der Waals surface area contributed by atoms with Gasteiger partial charge in [0.25, 0.3) is 0 Å². The van der Waals surface area contributed by atoms with E-state index in [0.717, 1.165) is 31.7 Å². The van der Waals surface area contributed by atoms with Crippen molar-refractivity contribution in [2.24, 2.45) is 0 Å². The van der Waals surface area contributed by atoms with Crippen LogP contribution in [0, 0.1) is 0 Å². The fraction of sp³-hybridized carbons (Fsp3) is 0.600. The van der Waals surface area contributed by atoms with Crippen LogP contribution < -0.4 is 5.32 Å². The van der Waals surface area contributed by atoms with Gasteiger partial charge < -0.3 is 10.2 Å². The highest BCUT2D eigenvalue weighted by atomic mass is 32.2. The molecule has 0 aliphatic carbocycles. The predicted molar refractivity (Wildman–Crippen MR) is 84.7 cm³/mol. The Labute approximate surface area is 128 Å². The van der Waals surface area contributed by atoms with Gasteiger partial charge in [0.2, 0.25) is 10.0 Å². The quantitative estimate of drug-likeness (QED) is 0.820. The molecule has 2 rings (SSSR count). The van der Waals surface area contributed by atoms with Gasteiger partial charge in [-0.1, -0.05) is 12.1 Å². The number of sulfonamides is 1. The van der Waals surface area contributed by atoms with Crippen LogP contribution in [0.3, 0.4) is 0 Å². The average Bonchev–Trinajstić information content (AvgIpc) is 2.99. The van der Waals surface area contributed by atoms with Crippen LogP contribution in [-0.4, -0.2) is 57.9 Å². The number of nitrogens with one attached hydrogen (secondary N) is 1. The molecule has 6 heteroatoms. The summed E-state index contributed by atoms with van der Waals surface area (Å²) in [5, 5.41) is 3.05. The maximum absolute atomic E-state index is 12.5. The molecule has 0 atom stereocenters. The topological polar surface area (TPSA) is 52.7 Å². The second-order valence-corrected chi connectivity index (χ2v) is 7.59. The maximum atomic E-state index is 12.5. The summed E-state index contributed by atoms with van der Waals surface area (Å²) in [7, 11) is 0.155. The number of rotatable bonds is 7. The smallest absolute Gasteiger partial charge is 0.242 e. The summed E-state index contributed by atoms with van der Waals surface area (Å²) in [5.41, 5.74) is 1.08. The zero-order chi connectivity index (χ0) is 15.3. The first-order valence-corrected chi connectivity index (χ1v) is 8.90. The molecule has 1 saturated heterocycles. The lowest BCUT2D eigenvalue weighted by molar-refractivity contribution is 0.310. The summed E-state index contributed by atoms with van der Waals surface area (Å²) >= 11 is 0. The van der Waals surface area contributed by atoms with Gasteiger partial charge in [-0.15, -0.1) is 0 Å². The van der Waals surface area contributed by atoms with Crippen molar-refractivity contribution in [2.75, 3.05) is 40.3 Å². The molecule has 0 radical (unpaired) electrons. The van der Waals surface area contributed by atoms with Crippen LogP contribution in [0.2, 0.25) is 0 Å². The van der Waals surface area contributed by atoms with Crippen molar-refractivity contribution in [3.63, 3.8) is 0 Å². The SMILES string of the molecule is CNCc1ccc(S(=O)(=O)N(C)CCN2CCCC2)cc1. The molecule has 5 nitrogen and oxygen atoms in total. The molecule has 1 aliphatic heterocycles. The Morgan fingerprint density at radius 2 is 1.81 bits per heavy atom. The standard InChI is InChI=1S/C15H25N3O2S/c1-16-13-14-5-7-15(8-6-14)21(19,20)17(2)11-12-18-9-3-4-10-18/h5-8,16H,3-4,9-13H2,1-2H3. The van der Waals surface area contributed by atoms with Crippen molar-refractivity contribution >= 4 is 10.0 Å². The number of likely N-dealkylation sites (N-methyl/N-ethyl adjacent to an activating group) is 1. The number of likely N-dealkylation sites (tertiary alicyclic amines) is 1. The van der Waals surface area contributed by atoms with Gasteiger partial charge in [-0.2, -0.15) is 4.31 Å². The third-order valence-electron chi connectivity index (χ3n) is 3.94. The van der Waals surface area contributed by atoms with Crippen LogP contribution in [0.25, 0.3) is 0 Å². The lowest BCUT2D eigenvalue weighted by Gasteiger charge is -2.21. The van der Waals surface area contributed by atoms with E-state index in [1.165, 1.54) is 17.1 Å². The van der Waals surface area contributed by atoms with E-state index in [1.54, 1.807) is 19.2 Å². The van der Waals surface area contributed by atoms with Gasteiger partial charge >= 0.3 is 0 Å². The molecule has 1 fully saturated rings. The Kier molecular flexibility index (Phi) is 5.75. The first-order valence-electron chi connectivity index (χ1n) is 7.46. The largest absolute Gasteiger partial charge is 0.316 e. The normalized spacial score (nSPS) is 16.7. The van der Waals surface area contributed by atoms with E-state index in [1.807, 2.05) is 19.2 Å². The van der Waals surface area contributed by atoms with Gasteiger partial charge in [-0.3, -0.25) is 0 Å². The monoisotopic (exact) mass is 311 g/mol. The molecule has 1 heterocycles. The summed E-state index contributed by atoms with van der Waals surface area (Å²) in [6, 6.07) is 7.10. The molecule has 0 bridgehead atoms. The van der Waals surface area contributed by atoms with E-state index < -0.39 is 10.0 Å². The molecular formula is C15H25N3O2S. The minimum atomic E-state index is -3.38. The maximum Gasteiger partial charge on any atom is 0.242 e. The van der Waals surface area contributed by atoms with E-state index in [2.05, 4.69) is 10.2 Å². The molecule has 0 unspecified atom stereocenters. The lowest BCUT2D eigenvalue weighted by Crippen LogP contribution is -2.35. The van der Waals surface area contributed by atoms with Crippen molar-refractivity contribution in [1.29, 1.82) is 0 Å². The number of benzene rings is 1. The lowest BCUT2D eigenvalue weighted by atomic mass is 10.2. The van der Waals surface area contributed by atoms with Crippen molar-refractivity contribution in [3.05, 3.63) is 29.8 Å². The number of nitrogens with zero attached hydrogens (tertiary/aromatic N) is 2. The van der Waals surface area contributed by atoms with Crippen LogP contribution in [0.15, 0.2) is 29.2 Å². The van der Waals surface area contributed by atoms with Crippen molar-refractivity contribution in [1.82, 2.24) is 14.5 Å². The second kappa shape index (κ2) is 7.35. The first-order chi connectivity index (χ1) is 10.0. The Bertz CT molecular complexity index is 537. The van der Waals surface area contributed by atoms with Gasteiger partial charge in [-0.25, -0.2) is 8.42 Å². The van der Waals surface area contributed by atoms with Gasteiger partial charge in [0.1, 0.15) is 0 Å². The molecule has 118 valence electrons. The molecule has 21 heavy (non-hydrogen) atoms. The Morgan fingerprint density at radius 3 is 2.38 bits per heavy atom. The van der Waals surface area contributed by atoms with Crippen molar-refractivity contribution in [2.45, 2.75) is 24.3 Å². The van der Waals surface area contributed by atoms with E-state index in [9.17, 15) is 8.42 Å². The Morgan fingerprint density at radius 1 is 1.19 bits per heavy atom. The fourth-order valence-corrected chi connectivity index (χ4v) is 3.73. The summed E-state index contributed by atoms with van der Waals surface area (Å²) in [6.07, 6.45) is 2.45. The van der Waals surface area contributed by atoms with Crippen LogP contribution in [0.4, 0.5) is 0 Å². The number of hydrogen-bond acceptors (Lipinski definition) is 4. The van der Waals surface area contributed by atoms with E-state index >= 15 is 0 Å². The highest BCUT2D eigenvalue weighted by molar-refractivity contribution is 7.89. The third-order valence-corrected chi connectivity index (χ3v) is 5.81. The minimum absolute atomic E-state index is 0.367. The molecular weight excluding hydrogens is 286 g/mol. The predicted octanol–water partition coefficient (Wildman–Crippen LogP) is 1.12. The summed E-state index contributed by atoms with van der Waals surface area (Å²) in [4.78, 5) is 2.69. The summed E-state index contributed by atoms with van der Waals surface area (Å²) < 4.78 is 26.5. The van der Waals surface area contributed by atoms with Gasteiger partial charge in [0, 0.05) is 26.7 Å². The molecule has 0 spiro atoms. The minimum Gasteiger partial charge on any atom is -0.316 e. The molecule has 1 aromatic carbocycles. The molecule has 0 amide bonds. The van der Waals surface area contributed by atoms with Gasteiger partial charge in [0.15, 0.2) is 0 Å². The summed E-state index contributed by atoms with van der Waals surface area (Å²) in [6.45, 7) is 4.28. The van der Waals surface area contributed by atoms with E-state index in [-0.39, 0.29) is 0 Å². The first kappa shape index (κ1) is 16.4. The molecule has 1 N–H and O–H groups in total. The second-order valence-electron chi connectivity index (χ2n) is 5.55. The zero-order valence-corrected chi connectivity index (χ0v) is 13.7. The van der Waals surface area contributed by atoms with Gasteiger partial charge in [-0.05, 0) is 50.7 Å². The van der Waals surface area contributed by atoms with Crippen molar-refractivity contribution < 1.29 is 8.42 Å². The van der Waals surface area contributed by atoms with Crippen molar-refractivity contribution in [3.8, 4) is 0 Å².